The van der Waals surface area contributed by atoms with E-state index in [1.165, 1.54) is 0 Å². The van der Waals surface area contributed by atoms with Crippen LogP contribution in [0.5, 0.6) is 0 Å². The number of nitrogens with zero attached hydrogens (tertiary/aromatic N) is 1. The smallest absolute Gasteiger partial charge is 0.0700 e. The highest BCUT2D eigenvalue weighted by Crippen LogP contribution is 2.18. The van der Waals surface area contributed by atoms with Crippen molar-refractivity contribution in [1.82, 2.24) is 0 Å². The van der Waals surface area contributed by atoms with Crippen molar-refractivity contribution >= 4 is 0 Å². The summed E-state index contributed by atoms with van der Waals surface area (Å²) in [6.07, 6.45) is 9.06. The number of rotatable bonds is 0. The molecule has 0 heterocycles. The molecular formula is C9H11N. The molecule has 1 heteroatoms. The second kappa shape index (κ2) is 3.22. The van der Waals surface area contributed by atoms with E-state index in [-0.39, 0.29) is 5.92 Å². The predicted molar refractivity (Wildman–Crippen MR) is 41.2 cm³/mol. The largest absolute Gasteiger partial charge is 0.198 e. The van der Waals surface area contributed by atoms with Gasteiger partial charge in [0.2, 0.25) is 0 Å². The zero-order valence-electron chi connectivity index (χ0n) is 6.12. The van der Waals surface area contributed by atoms with Crippen LogP contribution in [0.1, 0.15) is 13.3 Å². The van der Waals surface area contributed by atoms with Crippen molar-refractivity contribution in [2.24, 2.45) is 11.8 Å². The molecule has 0 fully saturated rings. The van der Waals surface area contributed by atoms with E-state index < -0.39 is 0 Å². The van der Waals surface area contributed by atoms with Crippen LogP contribution in [-0.2, 0) is 0 Å². The molecule has 0 spiro atoms. The van der Waals surface area contributed by atoms with Crippen molar-refractivity contribution in [3.63, 3.8) is 0 Å². The normalized spacial score (nSPS) is 31.2. The van der Waals surface area contributed by atoms with Gasteiger partial charge >= 0.3 is 0 Å². The Balaban J connectivity index is 2.68. The molecule has 2 atom stereocenters. The van der Waals surface area contributed by atoms with E-state index in [1.54, 1.807) is 0 Å². The van der Waals surface area contributed by atoms with E-state index in [2.05, 4.69) is 19.1 Å². The van der Waals surface area contributed by atoms with Gasteiger partial charge < -0.3 is 0 Å². The molecule has 2 unspecified atom stereocenters. The summed E-state index contributed by atoms with van der Waals surface area (Å²) in [5.74, 6) is 0.579. The maximum atomic E-state index is 8.66. The molecule has 0 saturated heterocycles. The van der Waals surface area contributed by atoms with Crippen LogP contribution < -0.4 is 0 Å². The second-order valence-electron chi connectivity index (χ2n) is 2.68. The van der Waals surface area contributed by atoms with Gasteiger partial charge in [-0.3, -0.25) is 0 Å². The predicted octanol–water partition coefficient (Wildman–Crippen LogP) is 2.28. The Kier molecular flexibility index (Phi) is 2.28. The lowest BCUT2D eigenvalue weighted by atomic mass is 9.93. The summed E-state index contributed by atoms with van der Waals surface area (Å²) in [5.41, 5.74) is 0. The Labute approximate surface area is 61.7 Å². The summed E-state index contributed by atoms with van der Waals surface area (Å²) in [6, 6.07) is 2.27. The van der Waals surface area contributed by atoms with Crippen molar-refractivity contribution in [3.05, 3.63) is 24.3 Å². The molecule has 1 rings (SSSR count). The van der Waals surface area contributed by atoms with E-state index in [0.717, 1.165) is 6.42 Å². The zero-order chi connectivity index (χ0) is 7.40. The highest BCUT2D eigenvalue weighted by molar-refractivity contribution is 5.13. The SMILES string of the molecule is CC1CC=CC=CC1C#N. The third-order valence-corrected chi connectivity index (χ3v) is 1.84. The summed E-state index contributed by atoms with van der Waals surface area (Å²) in [4.78, 5) is 0. The number of hydrogen-bond donors (Lipinski definition) is 0. The molecule has 52 valence electrons. The molecule has 0 bridgehead atoms. The molecule has 1 aliphatic rings. The minimum Gasteiger partial charge on any atom is -0.198 e. The third-order valence-electron chi connectivity index (χ3n) is 1.84. The van der Waals surface area contributed by atoms with E-state index in [9.17, 15) is 0 Å². The van der Waals surface area contributed by atoms with Gasteiger partial charge in [-0.2, -0.15) is 5.26 Å². The number of allylic oxidation sites excluding steroid dienone is 4. The lowest BCUT2D eigenvalue weighted by molar-refractivity contribution is 0.517. The van der Waals surface area contributed by atoms with Gasteiger partial charge in [-0.1, -0.05) is 31.2 Å². The fourth-order valence-electron chi connectivity index (χ4n) is 1.06. The van der Waals surface area contributed by atoms with E-state index in [0.29, 0.717) is 5.92 Å². The first-order valence-corrected chi connectivity index (χ1v) is 3.57. The maximum Gasteiger partial charge on any atom is 0.0700 e. The van der Waals surface area contributed by atoms with Gasteiger partial charge in [-0.15, -0.1) is 0 Å². The topological polar surface area (TPSA) is 23.8 Å². The second-order valence-corrected chi connectivity index (χ2v) is 2.68. The van der Waals surface area contributed by atoms with Crippen LogP contribution in [0.15, 0.2) is 24.3 Å². The lowest BCUT2D eigenvalue weighted by Crippen LogP contribution is -2.04. The minimum absolute atomic E-state index is 0.106. The molecular weight excluding hydrogens is 122 g/mol. The summed E-state index contributed by atoms with van der Waals surface area (Å²) in [7, 11) is 0. The standard InChI is InChI=1S/C9H11N/c1-8-5-3-2-4-6-9(8)7-10/h2-4,6,8-9H,5H2,1H3. The molecule has 0 radical (unpaired) electrons. The highest BCUT2D eigenvalue weighted by atomic mass is 14.3. The van der Waals surface area contributed by atoms with Crippen LogP contribution >= 0.6 is 0 Å². The van der Waals surface area contributed by atoms with E-state index >= 15 is 0 Å². The molecule has 1 nitrogen and oxygen atoms in total. The van der Waals surface area contributed by atoms with Gasteiger partial charge in [-0.25, -0.2) is 0 Å². The molecule has 0 N–H and O–H groups in total. The van der Waals surface area contributed by atoms with Crippen molar-refractivity contribution in [3.8, 4) is 6.07 Å². The Morgan fingerprint density at radius 1 is 1.50 bits per heavy atom. The van der Waals surface area contributed by atoms with E-state index in [1.807, 2.05) is 18.2 Å². The van der Waals surface area contributed by atoms with Gasteiger partial charge in [0.15, 0.2) is 0 Å². The number of hydrogen-bond acceptors (Lipinski definition) is 1. The lowest BCUT2D eigenvalue weighted by Gasteiger charge is -2.08. The molecule has 1 aliphatic carbocycles. The third kappa shape index (κ3) is 1.48. The molecule has 10 heavy (non-hydrogen) atoms. The summed E-state index contributed by atoms with van der Waals surface area (Å²) >= 11 is 0. The van der Waals surface area contributed by atoms with Crippen LogP contribution in [0.2, 0.25) is 0 Å². The first kappa shape index (κ1) is 7.08. The van der Waals surface area contributed by atoms with Gasteiger partial charge in [0.1, 0.15) is 0 Å². The Morgan fingerprint density at radius 2 is 2.30 bits per heavy atom. The molecule has 0 aromatic rings. The van der Waals surface area contributed by atoms with E-state index in [4.69, 9.17) is 5.26 Å². The highest BCUT2D eigenvalue weighted by Gasteiger charge is 2.12. The molecule has 0 aliphatic heterocycles. The van der Waals surface area contributed by atoms with Crippen molar-refractivity contribution in [1.29, 1.82) is 5.26 Å². The Bertz CT molecular complexity index is 195. The van der Waals surface area contributed by atoms with Crippen LogP contribution in [0.3, 0.4) is 0 Å². The molecule has 0 aromatic carbocycles. The zero-order valence-corrected chi connectivity index (χ0v) is 6.12. The van der Waals surface area contributed by atoms with Crippen molar-refractivity contribution in [2.45, 2.75) is 13.3 Å². The van der Waals surface area contributed by atoms with Gasteiger partial charge in [0, 0.05) is 0 Å². The number of nitriles is 1. The monoisotopic (exact) mass is 133 g/mol. The van der Waals surface area contributed by atoms with Crippen LogP contribution in [0.4, 0.5) is 0 Å². The fraction of sp³-hybridized carbons (Fsp3) is 0.444. The minimum atomic E-state index is 0.106. The molecule has 0 saturated carbocycles. The van der Waals surface area contributed by atoms with Gasteiger partial charge in [-0.05, 0) is 12.3 Å². The quantitative estimate of drug-likeness (QED) is 0.497. The first-order chi connectivity index (χ1) is 4.84. The average molecular weight is 133 g/mol. The van der Waals surface area contributed by atoms with Crippen molar-refractivity contribution in [2.75, 3.05) is 0 Å². The van der Waals surface area contributed by atoms with Crippen LogP contribution in [0, 0.1) is 23.2 Å². The molecule has 0 amide bonds. The van der Waals surface area contributed by atoms with Crippen molar-refractivity contribution < 1.29 is 0 Å². The Hall–Kier alpha value is -1.03. The summed E-state index contributed by atoms with van der Waals surface area (Å²) in [6.45, 7) is 2.11. The van der Waals surface area contributed by atoms with Crippen LogP contribution in [0.25, 0.3) is 0 Å². The van der Waals surface area contributed by atoms with Crippen LogP contribution in [-0.4, -0.2) is 0 Å². The maximum absolute atomic E-state index is 8.66. The fourth-order valence-corrected chi connectivity index (χ4v) is 1.06. The van der Waals surface area contributed by atoms with Gasteiger partial charge in [0.05, 0.1) is 12.0 Å². The molecule has 0 aromatic heterocycles. The summed E-state index contributed by atoms with van der Waals surface area (Å²) < 4.78 is 0. The van der Waals surface area contributed by atoms with Gasteiger partial charge in [0.25, 0.3) is 0 Å². The first-order valence-electron chi connectivity index (χ1n) is 3.57. The average Bonchev–Trinajstić information content (AvgIpc) is 2.13. The summed E-state index contributed by atoms with van der Waals surface area (Å²) in [5, 5.41) is 8.66. The Morgan fingerprint density at radius 3 is 3.00 bits per heavy atom.